The van der Waals surface area contributed by atoms with Gasteiger partial charge in [0.2, 0.25) is 0 Å². The van der Waals surface area contributed by atoms with Crippen LogP contribution < -0.4 is 5.73 Å². The molecule has 1 saturated heterocycles. The van der Waals surface area contributed by atoms with Crippen molar-refractivity contribution in [3.63, 3.8) is 0 Å². The molecule has 0 amide bonds. The van der Waals surface area contributed by atoms with Crippen molar-refractivity contribution in [1.82, 2.24) is 4.90 Å². The van der Waals surface area contributed by atoms with Gasteiger partial charge >= 0.3 is 0 Å². The van der Waals surface area contributed by atoms with E-state index in [1.807, 2.05) is 6.07 Å². The third-order valence-electron chi connectivity index (χ3n) is 4.15. The molecule has 0 spiro atoms. The number of benzene rings is 1. The van der Waals surface area contributed by atoms with Crippen molar-refractivity contribution in [1.29, 1.82) is 0 Å². The number of hydrogen-bond acceptors (Lipinski definition) is 2. The van der Waals surface area contributed by atoms with Crippen LogP contribution in [0.2, 0.25) is 10.0 Å². The molecule has 0 radical (unpaired) electrons. The van der Waals surface area contributed by atoms with E-state index in [1.165, 1.54) is 17.5 Å². The molecule has 1 aliphatic carbocycles. The second-order valence-corrected chi connectivity index (χ2v) is 6.33. The molecule has 18 heavy (non-hydrogen) atoms. The Morgan fingerprint density at radius 1 is 1.22 bits per heavy atom. The van der Waals surface area contributed by atoms with E-state index in [9.17, 15) is 0 Å². The summed E-state index contributed by atoms with van der Waals surface area (Å²) in [4.78, 5) is 2.53. The first-order chi connectivity index (χ1) is 8.63. The van der Waals surface area contributed by atoms with Gasteiger partial charge in [0.05, 0.1) is 0 Å². The van der Waals surface area contributed by atoms with Gasteiger partial charge in [0.1, 0.15) is 0 Å². The molecular weight excluding hydrogens is 267 g/mol. The molecule has 0 saturated carbocycles. The van der Waals surface area contributed by atoms with Crippen LogP contribution in [0.4, 0.5) is 0 Å². The van der Waals surface area contributed by atoms with Crippen LogP contribution in [0.15, 0.2) is 12.1 Å². The lowest BCUT2D eigenvalue weighted by atomic mass is 10.0. The number of likely N-dealkylation sites (tertiary alicyclic amines) is 1. The fourth-order valence-corrected chi connectivity index (χ4v) is 3.87. The van der Waals surface area contributed by atoms with Crippen molar-refractivity contribution in [2.75, 3.05) is 13.1 Å². The van der Waals surface area contributed by atoms with Gasteiger partial charge in [-0.1, -0.05) is 23.2 Å². The van der Waals surface area contributed by atoms with E-state index in [-0.39, 0.29) is 0 Å². The average Bonchev–Trinajstić information content (AvgIpc) is 2.73. The maximum absolute atomic E-state index is 6.28. The highest BCUT2D eigenvalue weighted by Crippen LogP contribution is 2.34. The second-order valence-electron chi connectivity index (χ2n) is 5.48. The molecule has 0 aromatic heterocycles. The highest BCUT2D eigenvalue weighted by Gasteiger charge is 2.30. The van der Waals surface area contributed by atoms with E-state index in [1.54, 1.807) is 0 Å². The summed E-state index contributed by atoms with van der Waals surface area (Å²) in [5.74, 6) is 0. The number of fused-ring (bicyclic) bond motifs is 1. The maximum Gasteiger partial charge on any atom is 0.0456 e. The molecule has 1 aliphatic heterocycles. The van der Waals surface area contributed by atoms with Gasteiger partial charge < -0.3 is 5.73 Å². The zero-order chi connectivity index (χ0) is 12.7. The van der Waals surface area contributed by atoms with Gasteiger partial charge in [0.15, 0.2) is 0 Å². The Hall–Kier alpha value is -0.280. The van der Waals surface area contributed by atoms with E-state index in [0.29, 0.717) is 12.1 Å². The minimum Gasteiger partial charge on any atom is -0.327 e. The van der Waals surface area contributed by atoms with E-state index in [0.717, 1.165) is 42.4 Å². The van der Waals surface area contributed by atoms with E-state index < -0.39 is 0 Å². The summed E-state index contributed by atoms with van der Waals surface area (Å²) >= 11 is 12.3. The van der Waals surface area contributed by atoms with Crippen LogP contribution in [0.3, 0.4) is 0 Å². The molecule has 1 fully saturated rings. The Morgan fingerprint density at radius 2 is 2.06 bits per heavy atom. The molecule has 2 atom stereocenters. The van der Waals surface area contributed by atoms with E-state index >= 15 is 0 Å². The zero-order valence-electron chi connectivity index (χ0n) is 10.3. The van der Waals surface area contributed by atoms with Crippen LogP contribution >= 0.6 is 23.2 Å². The number of rotatable bonds is 1. The molecule has 1 aromatic carbocycles. The van der Waals surface area contributed by atoms with Gasteiger partial charge in [-0.05, 0) is 55.5 Å². The number of piperidine rings is 1. The molecule has 4 heteroatoms. The summed E-state index contributed by atoms with van der Waals surface area (Å²) in [5, 5.41) is 1.57. The minimum absolute atomic E-state index is 0.335. The topological polar surface area (TPSA) is 29.3 Å². The molecule has 1 heterocycles. The van der Waals surface area contributed by atoms with Crippen molar-refractivity contribution in [3.8, 4) is 0 Å². The van der Waals surface area contributed by atoms with Crippen molar-refractivity contribution < 1.29 is 0 Å². The van der Waals surface area contributed by atoms with Crippen LogP contribution in [-0.4, -0.2) is 30.1 Å². The van der Waals surface area contributed by atoms with Crippen molar-refractivity contribution >= 4 is 23.2 Å². The standard InChI is InChI=1S/C14H18Cl2N2/c15-10-4-9-5-12(7-13(9)14(16)6-10)18-3-1-2-11(17)8-18/h4,6,11-12H,1-3,5,7-8,17H2/t11-,12+/m1/s1. The van der Waals surface area contributed by atoms with Gasteiger partial charge in [-0.15, -0.1) is 0 Å². The Kier molecular flexibility index (Phi) is 3.55. The summed E-state index contributed by atoms with van der Waals surface area (Å²) < 4.78 is 0. The van der Waals surface area contributed by atoms with Crippen LogP contribution in [0.1, 0.15) is 24.0 Å². The lowest BCUT2D eigenvalue weighted by Crippen LogP contribution is -2.48. The first-order valence-electron chi connectivity index (χ1n) is 6.60. The number of halogens is 2. The Bertz CT molecular complexity index is 461. The van der Waals surface area contributed by atoms with Crippen LogP contribution in [0, 0.1) is 0 Å². The lowest BCUT2D eigenvalue weighted by Gasteiger charge is -2.35. The summed E-state index contributed by atoms with van der Waals surface area (Å²) in [6.45, 7) is 2.18. The lowest BCUT2D eigenvalue weighted by molar-refractivity contribution is 0.153. The second kappa shape index (κ2) is 5.01. The van der Waals surface area contributed by atoms with Crippen molar-refractivity contribution in [2.45, 2.75) is 37.8 Å². The predicted octanol–water partition coefficient (Wildman–Crippen LogP) is 2.88. The number of nitrogens with zero attached hydrogens (tertiary/aromatic N) is 1. The van der Waals surface area contributed by atoms with Gasteiger partial charge in [-0.25, -0.2) is 0 Å². The predicted molar refractivity (Wildman–Crippen MR) is 76.4 cm³/mol. The molecule has 0 unspecified atom stereocenters. The molecule has 2 nitrogen and oxygen atoms in total. The monoisotopic (exact) mass is 284 g/mol. The van der Waals surface area contributed by atoms with Gasteiger partial charge in [-0.2, -0.15) is 0 Å². The first kappa shape index (κ1) is 12.7. The molecular formula is C14H18Cl2N2. The normalized spacial score (nSPS) is 28.4. The Balaban J connectivity index is 1.78. The fraction of sp³-hybridized carbons (Fsp3) is 0.571. The third-order valence-corrected chi connectivity index (χ3v) is 4.71. The number of hydrogen-bond donors (Lipinski definition) is 1. The Morgan fingerprint density at radius 3 is 2.83 bits per heavy atom. The van der Waals surface area contributed by atoms with Crippen molar-refractivity contribution in [3.05, 3.63) is 33.3 Å². The van der Waals surface area contributed by atoms with Gasteiger partial charge in [0.25, 0.3) is 0 Å². The van der Waals surface area contributed by atoms with Crippen molar-refractivity contribution in [2.24, 2.45) is 5.73 Å². The summed E-state index contributed by atoms with van der Waals surface area (Å²) in [5.41, 5.74) is 8.66. The molecule has 1 aromatic rings. The molecule has 0 bridgehead atoms. The van der Waals surface area contributed by atoms with Gasteiger partial charge in [0, 0.05) is 28.7 Å². The van der Waals surface area contributed by atoms with Gasteiger partial charge in [-0.3, -0.25) is 4.90 Å². The van der Waals surface area contributed by atoms with E-state index in [2.05, 4.69) is 11.0 Å². The smallest absolute Gasteiger partial charge is 0.0456 e. The minimum atomic E-state index is 0.335. The highest BCUT2D eigenvalue weighted by atomic mass is 35.5. The van der Waals surface area contributed by atoms with Crippen LogP contribution in [0.5, 0.6) is 0 Å². The van der Waals surface area contributed by atoms with Crippen LogP contribution in [-0.2, 0) is 12.8 Å². The quantitative estimate of drug-likeness (QED) is 0.859. The fourth-order valence-electron chi connectivity index (χ4n) is 3.26. The first-order valence-corrected chi connectivity index (χ1v) is 7.35. The molecule has 2 N–H and O–H groups in total. The zero-order valence-corrected chi connectivity index (χ0v) is 11.8. The SMILES string of the molecule is N[C@@H]1CCCN([C@H]2Cc3cc(Cl)cc(Cl)c3C2)C1. The number of nitrogens with two attached hydrogens (primary N) is 1. The van der Waals surface area contributed by atoms with Crippen LogP contribution in [0.25, 0.3) is 0 Å². The molecule has 98 valence electrons. The maximum atomic E-state index is 6.28. The summed E-state index contributed by atoms with van der Waals surface area (Å²) in [6.07, 6.45) is 4.46. The summed E-state index contributed by atoms with van der Waals surface area (Å²) in [6, 6.07) is 4.81. The average molecular weight is 285 g/mol. The largest absolute Gasteiger partial charge is 0.327 e. The summed E-state index contributed by atoms with van der Waals surface area (Å²) in [7, 11) is 0. The van der Waals surface area contributed by atoms with E-state index in [4.69, 9.17) is 28.9 Å². The molecule has 2 aliphatic rings. The highest BCUT2D eigenvalue weighted by molar-refractivity contribution is 6.35. The Labute approximate surface area is 118 Å². The third kappa shape index (κ3) is 2.39. The molecule has 3 rings (SSSR count).